The highest BCUT2D eigenvalue weighted by Gasteiger charge is 2.21. The molecule has 3 N–H and O–H groups in total. The molecule has 1 heterocycles. The lowest BCUT2D eigenvalue weighted by Gasteiger charge is -2.11. The van der Waals surface area contributed by atoms with E-state index in [1.54, 1.807) is 38.1 Å². The Bertz CT molecular complexity index is 529. The van der Waals surface area contributed by atoms with Gasteiger partial charge in [-0.1, -0.05) is 17.3 Å². The number of benzene rings is 1. The van der Waals surface area contributed by atoms with Gasteiger partial charge in [-0.3, -0.25) is 0 Å². The summed E-state index contributed by atoms with van der Waals surface area (Å²) in [6, 6.07) is 7.13. The number of nitrogens with two attached hydrogens (primary N) is 1. The van der Waals surface area contributed by atoms with Crippen molar-refractivity contribution in [1.29, 1.82) is 0 Å². The Labute approximate surface area is 111 Å². The van der Waals surface area contributed by atoms with Crippen molar-refractivity contribution < 1.29 is 14.4 Å². The van der Waals surface area contributed by atoms with Crippen molar-refractivity contribution in [2.24, 2.45) is 5.73 Å². The largest absolute Gasteiger partial charge is 0.484 e. The van der Waals surface area contributed by atoms with Crippen LogP contribution >= 0.6 is 0 Å². The average Bonchev–Trinajstić information content (AvgIpc) is 2.86. The first-order valence-electron chi connectivity index (χ1n) is 5.93. The van der Waals surface area contributed by atoms with Crippen molar-refractivity contribution in [1.82, 2.24) is 10.1 Å². The zero-order valence-corrected chi connectivity index (χ0v) is 11.0. The standard InChI is InChI=1S/C13H17N3O3/c1-13(2,14)12-15-11(19-16-12)8-18-10-5-3-9(7-17)4-6-10/h3-6,17H,7-8,14H2,1-2H3. The minimum Gasteiger partial charge on any atom is -0.484 e. The van der Waals surface area contributed by atoms with Crippen LogP contribution in [0.25, 0.3) is 0 Å². The molecule has 0 saturated heterocycles. The van der Waals surface area contributed by atoms with Crippen molar-refractivity contribution in [2.45, 2.75) is 32.6 Å². The second-order valence-electron chi connectivity index (χ2n) is 4.82. The van der Waals surface area contributed by atoms with Crippen molar-refractivity contribution in [3.8, 4) is 5.75 Å². The normalized spacial score (nSPS) is 11.6. The van der Waals surface area contributed by atoms with Gasteiger partial charge < -0.3 is 20.1 Å². The van der Waals surface area contributed by atoms with Crippen LogP contribution in [0.1, 0.15) is 31.1 Å². The number of nitrogens with zero attached hydrogens (tertiary/aromatic N) is 2. The van der Waals surface area contributed by atoms with Gasteiger partial charge in [0.2, 0.25) is 0 Å². The highest BCUT2D eigenvalue weighted by Crippen LogP contribution is 2.16. The molecule has 0 aliphatic rings. The Kier molecular flexibility index (Phi) is 3.82. The van der Waals surface area contributed by atoms with E-state index >= 15 is 0 Å². The maximum absolute atomic E-state index is 8.93. The maximum Gasteiger partial charge on any atom is 0.264 e. The monoisotopic (exact) mass is 263 g/mol. The van der Waals surface area contributed by atoms with E-state index in [0.29, 0.717) is 17.5 Å². The van der Waals surface area contributed by atoms with Gasteiger partial charge in [-0.15, -0.1) is 0 Å². The molecule has 2 aromatic rings. The molecule has 0 unspecified atom stereocenters. The molecule has 1 aromatic carbocycles. The molecule has 0 atom stereocenters. The summed E-state index contributed by atoms with van der Waals surface area (Å²) in [5, 5.41) is 12.7. The SMILES string of the molecule is CC(C)(N)c1noc(COc2ccc(CO)cc2)n1. The number of hydrogen-bond acceptors (Lipinski definition) is 6. The topological polar surface area (TPSA) is 94.4 Å². The smallest absolute Gasteiger partial charge is 0.264 e. The van der Waals surface area contributed by atoms with Crippen LogP contribution < -0.4 is 10.5 Å². The molecule has 6 nitrogen and oxygen atoms in total. The van der Waals surface area contributed by atoms with Crippen LogP contribution in [0.15, 0.2) is 28.8 Å². The maximum atomic E-state index is 8.93. The molecular formula is C13H17N3O3. The van der Waals surface area contributed by atoms with Gasteiger partial charge in [-0.25, -0.2) is 0 Å². The van der Waals surface area contributed by atoms with Crippen LogP contribution in [0.4, 0.5) is 0 Å². The second-order valence-corrected chi connectivity index (χ2v) is 4.82. The molecule has 0 spiro atoms. The van der Waals surface area contributed by atoms with E-state index in [1.165, 1.54) is 0 Å². The van der Waals surface area contributed by atoms with Gasteiger partial charge in [-0.05, 0) is 31.5 Å². The van der Waals surface area contributed by atoms with E-state index in [0.717, 1.165) is 5.56 Å². The number of aliphatic hydroxyl groups is 1. The first-order chi connectivity index (χ1) is 8.99. The first-order valence-corrected chi connectivity index (χ1v) is 5.93. The number of hydrogen-bond donors (Lipinski definition) is 2. The fourth-order valence-electron chi connectivity index (χ4n) is 1.41. The van der Waals surface area contributed by atoms with Gasteiger partial charge in [0, 0.05) is 0 Å². The first kappa shape index (κ1) is 13.5. The minimum atomic E-state index is -0.634. The quantitative estimate of drug-likeness (QED) is 0.845. The van der Waals surface area contributed by atoms with Crippen LogP contribution in [0.5, 0.6) is 5.75 Å². The van der Waals surface area contributed by atoms with Gasteiger partial charge >= 0.3 is 0 Å². The lowest BCUT2D eigenvalue weighted by atomic mass is 10.1. The lowest BCUT2D eigenvalue weighted by molar-refractivity contribution is 0.241. The summed E-state index contributed by atoms with van der Waals surface area (Å²) in [7, 11) is 0. The van der Waals surface area contributed by atoms with Crippen LogP contribution in [-0.4, -0.2) is 15.2 Å². The van der Waals surface area contributed by atoms with Crippen molar-refractivity contribution in [3.63, 3.8) is 0 Å². The Morgan fingerprint density at radius 2 is 2.00 bits per heavy atom. The van der Waals surface area contributed by atoms with E-state index in [2.05, 4.69) is 10.1 Å². The molecule has 0 fully saturated rings. The van der Waals surface area contributed by atoms with E-state index in [4.69, 9.17) is 20.1 Å². The van der Waals surface area contributed by atoms with Gasteiger partial charge in [0.05, 0.1) is 12.1 Å². The molecule has 1 aromatic heterocycles. The Morgan fingerprint density at radius 3 is 2.53 bits per heavy atom. The zero-order chi connectivity index (χ0) is 13.9. The fourth-order valence-corrected chi connectivity index (χ4v) is 1.41. The highest BCUT2D eigenvalue weighted by atomic mass is 16.5. The molecule has 19 heavy (non-hydrogen) atoms. The zero-order valence-electron chi connectivity index (χ0n) is 11.0. The van der Waals surface area contributed by atoms with Gasteiger partial charge in [-0.2, -0.15) is 4.98 Å². The van der Waals surface area contributed by atoms with Crippen LogP contribution in [0.2, 0.25) is 0 Å². The molecule has 0 radical (unpaired) electrons. The molecule has 0 saturated carbocycles. The van der Waals surface area contributed by atoms with Crippen molar-refractivity contribution >= 4 is 0 Å². The summed E-state index contributed by atoms with van der Waals surface area (Å²) in [6.45, 7) is 3.80. The highest BCUT2D eigenvalue weighted by molar-refractivity contribution is 5.26. The number of rotatable bonds is 5. The predicted molar refractivity (Wildman–Crippen MR) is 68.2 cm³/mol. The van der Waals surface area contributed by atoms with E-state index < -0.39 is 5.54 Å². The predicted octanol–water partition coefficient (Wildman–Crippen LogP) is 1.33. The third kappa shape index (κ3) is 3.52. The molecule has 0 amide bonds. The molecule has 0 bridgehead atoms. The summed E-state index contributed by atoms with van der Waals surface area (Å²) in [5.74, 6) is 1.49. The molecule has 6 heteroatoms. The van der Waals surface area contributed by atoms with Crippen LogP contribution in [0, 0.1) is 0 Å². The third-order valence-electron chi connectivity index (χ3n) is 2.51. The summed E-state index contributed by atoms with van der Waals surface area (Å²) >= 11 is 0. The summed E-state index contributed by atoms with van der Waals surface area (Å²) < 4.78 is 10.6. The molecular weight excluding hydrogens is 246 g/mol. The summed E-state index contributed by atoms with van der Waals surface area (Å²) in [6.07, 6.45) is 0. The lowest BCUT2D eigenvalue weighted by Crippen LogP contribution is -2.30. The van der Waals surface area contributed by atoms with E-state index in [-0.39, 0.29) is 13.2 Å². The summed E-state index contributed by atoms with van der Waals surface area (Å²) in [5.41, 5.74) is 6.06. The van der Waals surface area contributed by atoms with Crippen molar-refractivity contribution in [2.75, 3.05) is 0 Å². The number of aliphatic hydroxyl groups excluding tert-OH is 1. The molecule has 0 aliphatic carbocycles. The van der Waals surface area contributed by atoms with Crippen LogP contribution in [-0.2, 0) is 18.8 Å². The van der Waals surface area contributed by atoms with E-state index in [1.807, 2.05) is 0 Å². The number of aromatic nitrogens is 2. The van der Waals surface area contributed by atoms with Gasteiger partial charge in [0.15, 0.2) is 12.4 Å². The Hall–Kier alpha value is -1.92. The fraction of sp³-hybridized carbons (Fsp3) is 0.385. The minimum absolute atomic E-state index is 0.0128. The van der Waals surface area contributed by atoms with Gasteiger partial charge in [0.1, 0.15) is 5.75 Å². The van der Waals surface area contributed by atoms with Crippen LogP contribution in [0.3, 0.4) is 0 Å². The Balaban J connectivity index is 1.96. The van der Waals surface area contributed by atoms with E-state index in [9.17, 15) is 0 Å². The average molecular weight is 263 g/mol. The molecule has 0 aliphatic heterocycles. The summed E-state index contributed by atoms with van der Waals surface area (Å²) in [4.78, 5) is 4.16. The Morgan fingerprint density at radius 1 is 1.32 bits per heavy atom. The second kappa shape index (κ2) is 5.38. The van der Waals surface area contributed by atoms with Gasteiger partial charge in [0.25, 0.3) is 5.89 Å². The van der Waals surface area contributed by atoms with Crippen molar-refractivity contribution in [3.05, 3.63) is 41.5 Å². The number of ether oxygens (including phenoxy) is 1. The molecule has 2 rings (SSSR count). The third-order valence-corrected chi connectivity index (χ3v) is 2.51. The molecule has 102 valence electrons.